The number of amides is 1. The highest BCUT2D eigenvalue weighted by molar-refractivity contribution is 7.09. The molecule has 5 nitrogen and oxygen atoms in total. The minimum absolute atomic E-state index is 0.115. The number of nitrogens with zero attached hydrogens (tertiary/aromatic N) is 2. The summed E-state index contributed by atoms with van der Waals surface area (Å²) in [5.74, 6) is -0.726. The van der Waals surface area contributed by atoms with Gasteiger partial charge in [-0.3, -0.25) is 9.59 Å². The highest BCUT2D eigenvalue weighted by Crippen LogP contribution is 2.13. The zero-order valence-electron chi connectivity index (χ0n) is 14.1. The van der Waals surface area contributed by atoms with E-state index >= 15 is 0 Å². The SMILES string of the molecule is CCOC(=O)CN(Cc1ccc(Cl)cc1)C(=O)C=Cc1csc(C)n1. The van der Waals surface area contributed by atoms with E-state index in [1.54, 1.807) is 25.1 Å². The standard InChI is InChI=1S/C18H19ClN2O3S/c1-3-24-18(23)11-21(10-14-4-6-15(19)7-5-14)17(22)9-8-16-12-25-13(2)20-16/h4-9,12H,3,10-11H2,1-2H3. The monoisotopic (exact) mass is 378 g/mol. The molecule has 0 aliphatic carbocycles. The average molecular weight is 379 g/mol. The van der Waals surface area contributed by atoms with Crippen LogP contribution in [-0.4, -0.2) is 34.9 Å². The van der Waals surface area contributed by atoms with E-state index in [9.17, 15) is 9.59 Å². The Morgan fingerprint density at radius 2 is 2.04 bits per heavy atom. The van der Waals surface area contributed by atoms with Gasteiger partial charge in [-0.1, -0.05) is 23.7 Å². The normalized spacial score (nSPS) is 10.8. The summed E-state index contributed by atoms with van der Waals surface area (Å²) in [7, 11) is 0. The van der Waals surface area contributed by atoms with Gasteiger partial charge >= 0.3 is 5.97 Å². The van der Waals surface area contributed by atoms with Crippen molar-refractivity contribution in [3.8, 4) is 0 Å². The number of carbonyl (C=O) groups excluding carboxylic acids is 2. The predicted octanol–water partition coefficient (Wildman–Crippen LogP) is 3.71. The van der Waals surface area contributed by atoms with Gasteiger partial charge in [0.2, 0.25) is 5.91 Å². The second kappa shape index (κ2) is 9.34. The number of hydrogen-bond donors (Lipinski definition) is 0. The maximum absolute atomic E-state index is 12.5. The molecule has 0 atom stereocenters. The number of aryl methyl sites for hydroxylation is 1. The quantitative estimate of drug-likeness (QED) is 0.544. The maximum Gasteiger partial charge on any atom is 0.325 e. The Morgan fingerprint density at radius 1 is 1.32 bits per heavy atom. The summed E-state index contributed by atoms with van der Waals surface area (Å²) in [6, 6.07) is 7.14. The Balaban J connectivity index is 2.11. The van der Waals surface area contributed by atoms with Gasteiger partial charge in [0.25, 0.3) is 0 Å². The fourth-order valence-electron chi connectivity index (χ4n) is 2.10. The molecule has 1 amide bonds. The van der Waals surface area contributed by atoms with E-state index in [1.807, 2.05) is 24.4 Å². The van der Waals surface area contributed by atoms with Gasteiger partial charge < -0.3 is 9.64 Å². The summed E-state index contributed by atoms with van der Waals surface area (Å²) in [5, 5.41) is 3.41. The first-order valence-corrected chi connectivity index (χ1v) is 9.03. The Bertz CT molecular complexity index is 756. The highest BCUT2D eigenvalue weighted by atomic mass is 35.5. The molecule has 0 spiro atoms. The molecule has 0 unspecified atom stereocenters. The lowest BCUT2D eigenvalue weighted by Gasteiger charge is -2.20. The number of esters is 1. The van der Waals surface area contributed by atoms with E-state index in [1.165, 1.54) is 22.3 Å². The minimum Gasteiger partial charge on any atom is -0.465 e. The smallest absolute Gasteiger partial charge is 0.325 e. The van der Waals surface area contributed by atoms with Crippen LogP contribution in [0.4, 0.5) is 0 Å². The third-order valence-corrected chi connectivity index (χ3v) is 4.30. The molecule has 0 aliphatic rings. The zero-order valence-corrected chi connectivity index (χ0v) is 15.6. The number of halogens is 1. The molecule has 0 saturated heterocycles. The Kier molecular flexibility index (Phi) is 7.16. The van der Waals surface area contributed by atoms with Crippen molar-refractivity contribution >= 4 is 40.9 Å². The van der Waals surface area contributed by atoms with Crippen molar-refractivity contribution in [2.75, 3.05) is 13.2 Å². The molecular weight excluding hydrogens is 360 g/mol. The lowest BCUT2D eigenvalue weighted by atomic mass is 10.2. The van der Waals surface area contributed by atoms with E-state index in [0.717, 1.165) is 16.3 Å². The molecule has 0 saturated carbocycles. The number of ether oxygens (including phenoxy) is 1. The van der Waals surface area contributed by atoms with Crippen LogP contribution in [-0.2, 0) is 20.9 Å². The van der Waals surface area contributed by atoms with Crippen molar-refractivity contribution in [3.05, 3.63) is 57.0 Å². The van der Waals surface area contributed by atoms with E-state index in [2.05, 4.69) is 4.98 Å². The van der Waals surface area contributed by atoms with Crippen LogP contribution in [0.2, 0.25) is 5.02 Å². The van der Waals surface area contributed by atoms with Gasteiger partial charge in [0.05, 0.1) is 17.3 Å². The van der Waals surface area contributed by atoms with Crippen LogP contribution >= 0.6 is 22.9 Å². The van der Waals surface area contributed by atoms with Gasteiger partial charge in [-0.15, -0.1) is 11.3 Å². The second-order valence-electron chi connectivity index (χ2n) is 5.25. The second-order valence-corrected chi connectivity index (χ2v) is 6.75. The van der Waals surface area contributed by atoms with Crippen LogP contribution in [0.25, 0.3) is 6.08 Å². The summed E-state index contributed by atoms with van der Waals surface area (Å²) in [5.41, 5.74) is 1.60. The summed E-state index contributed by atoms with van der Waals surface area (Å²) in [6.07, 6.45) is 3.06. The minimum atomic E-state index is -0.442. The summed E-state index contributed by atoms with van der Waals surface area (Å²) < 4.78 is 4.96. The van der Waals surface area contributed by atoms with Crippen molar-refractivity contribution in [3.63, 3.8) is 0 Å². The molecule has 7 heteroatoms. The van der Waals surface area contributed by atoms with Crippen LogP contribution < -0.4 is 0 Å². The van der Waals surface area contributed by atoms with E-state index in [4.69, 9.17) is 16.3 Å². The first kappa shape index (κ1) is 19.1. The van der Waals surface area contributed by atoms with Crippen LogP contribution in [0.3, 0.4) is 0 Å². The molecule has 1 aromatic heterocycles. The summed E-state index contributed by atoms with van der Waals surface area (Å²) >= 11 is 7.40. The lowest BCUT2D eigenvalue weighted by Crippen LogP contribution is -2.35. The molecular formula is C18H19ClN2O3S. The van der Waals surface area contributed by atoms with Crippen molar-refractivity contribution in [1.82, 2.24) is 9.88 Å². The van der Waals surface area contributed by atoms with Crippen LogP contribution in [0.5, 0.6) is 0 Å². The van der Waals surface area contributed by atoms with Gasteiger partial charge in [-0.25, -0.2) is 4.98 Å². The molecule has 132 valence electrons. The fraction of sp³-hybridized carbons (Fsp3) is 0.278. The number of rotatable bonds is 7. The fourth-order valence-corrected chi connectivity index (χ4v) is 2.81. The molecule has 0 bridgehead atoms. The Labute approximate surface area is 155 Å². The molecule has 0 fully saturated rings. The van der Waals surface area contributed by atoms with Gasteiger partial charge in [-0.2, -0.15) is 0 Å². The van der Waals surface area contributed by atoms with Crippen LogP contribution in [0, 0.1) is 6.92 Å². The summed E-state index contributed by atoms with van der Waals surface area (Å²) in [4.78, 5) is 30.0. The molecule has 1 heterocycles. The van der Waals surface area contributed by atoms with Gasteiger partial charge in [0, 0.05) is 23.0 Å². The van der Waals surface area contributed by atoms with E-state index in [-0.39, 0.29) is 25.6 Å². The first-order chi connectivity index (χ1) is 12.0. The Hall–Kier alpha value is -2.18. The van der Waals surface area contributed by atoms with Gasteiger partial charge in [-0.05, 0) is 37.6 Å². The number of carbonyl (C=O) groups is 2. The Morgan fingerprint density at radius 3 is 2.64 bits per heavy atom. The van der Waals surface area contributed by atoms with Crippen LogP contribution in [0.1, 0.15) is 23.2 Å². The number of benzene rings is 1. The van der Waals surface area contributed by atoms with E-state index < -0.39 is 5.97 Å². The van der Waals surface area contributed by atoms with Crippen molar-refractivity contribution in [2.24, 2.45) is 0 Å². The molecule has 2 aromatic rings. The van der Waals surface area contributed by atoms with Crippen molar-refractivity contribution in [1.29, 1.82) is 0 Å². The largest absolute Gasteiger partial charge is 0.465 e. The van der Waals surface area contributed by atoms with Gasteiger partial charge in [0.15, 0.2) is 0 Å². The lowest BCUT2D eigenvalue weighted by molar-refractivity contribution is -0.148. The average Bonchev–Trinajstić information content (AvgIpc) is 2.99. The molecule has 2 rings (SSSR count). The summed E-state index contributed by atoms with van der Waals surface area (Å²) in [6.45, 7) is 4.08. The third-order valence-electron chi connectivity index (χ3n) is 3.26. The predicted molar refractivity (Wildman–Crippen MR) is 99.4 cm³/mol. The number of thiazole rings is 1. The number of hydrogen-bond acceptors (Lipinski definition) is 5. The maximum atomic E-state index is 12.5. The van der Waals surface area contributed by atoms with Gasteiger partial charge in [0.1, 0.15) is 6.54 Å². The first-order valence-electron chi connectivity index (χ1n) is 7.77. The molecule has 0 N–H and O–H groups in total. The van der Waals surface area contributed by atoms with E-state index in [0.29, 0.717) is 5.02 Å². The van der Waals surface area contributed by atoms with Crippen molar-refractivity contribution < 1.29 is 14.3 Å². The zero-order chi connectivity index (χ0) is 18.2. The molecule has 0 aliphatic heterocycles. The molecule has 25 heavy (non-hydrogen) atoms. The topological polar surface area (TPSA) is 59.5 Å². The third kappa shape index (κ3) is 6.32. The van der Waals surface area contributed by atoms with Crippen LogP contribution in [0.15, 0.2) is 35.7 Å². The van der Waals surface area contributed by atoms with Crippen molar-refractivity contribution in [2.45, 2.75) is 20.4 Å². The highest BCUT2D eigenvalue weighted by Gasteiger charge is 2.16. The number of aromatic nitrogens is 1. The molecule has 1 aromatic carbocycles. The molecule has 0 radical (unpaired) electrons.